The highest BCUT2D eigenvalue weighted by Gasteiger charge is 2.43. The number of aliphatic hydroxyl groups is 1. The summed E-state index contributed by atoms with van der Waals surface area (Å²) < 4.78 is 36.6. The van der Waals surface area contributed by atoms with Gasteiger partial charge in [-0.25, -0.2) is 4.68 Å². The smallest absolute Gasteiger partial charge is 0.231 e. The van der Waals surface area contributed by atoms with Gasteiger partial charge in [-0.3, -0.25) is 0 Å². The van der Waals surface area contributed by atoms with Gasteiger partial charge in [0, 0.05) is 16.7 Å². The van der Waals surface area contributed by atoms with Gasteiger partial charge in [0.2, 0.25) is 18.3 Å². The standard InChI is InChI=1S/C33H35ClN4O8/c1-17-9-8-10-22(27(17)34)38-14-20(35-37-38)15-46-36-32-21-13-23(40-4)28(41-5)31(43-7)26(21)25-19(11-18(2)33(32,3)39)12-24-29(30(25)42-6)45-16-44-24/h8-10,12-14,18,39H,11,15-16H2,1-7H3/b36-32+/t18-,33+/m0/s1. The minimum absolute atomic E-state index is 0.0320. The van der Waals surface area contributed by atoms with Crippen molar-refractivity contribution in [3.05, 3.63) is 63.9 Å². The lowest BCUT2D eigenvalue weighted by Gasteiger charge is -2.36. The lowest BCUT2D eigenvalue weighted by molar-refractivity contribution is 0.0625. The number of nitrogens with zero attached hydrogens (tertiary/aromatic N) is 4. The zero-order chi connectivity index (χ0) is 32.7. The Morgan fingerprint density at radius 2 is 1.80 bits per heavy atom. The molecule has 2 heterocycles. The third-order valence-corrected chi connectivity index (χ3v) is 9.02. The van der Waals surface area contributed by atoms with Gasteiger partial charge in [0.05, 0.1) is 45.3 Å². The second-order valence-electron chi connectivity index (χ2n) is 11.3. The monoisotopic (exact) mass is 650 g/mol. The van der Waals surface area contributed by atoms with Crippen LogP contribution in [0.1, 0.15) is 36.2 Å². The number of aromatic nitrogens is 3. The predicted molar refractivity (Wildman–Crippen MR) is 170 cm³/mol. The van der Waals surface area contributed by atoms with E-state index in [-0.39, 0.29) is 25.0 Å². The van der Waals surface area contributed by atoms with Crippen LogP contribution in [-0.4, -0.2) is 66.6 Å². The minimum Gasteiger partial charge on any atom is -0.493 e. The molecule has 0 amide bonds. The van der Waals surface area contributed by atoms with Crippen LogP contribution >= 0.6 is 11.6 Å². The number of benzene rings is 3. The first-order valence-corrected chi connectivity index (χ1v) is 14.9. The zero-order valence-electron chi connectivity index (χ0n) is 26.6. The Bertz CT molecular complexity index is 1840. The average molecular weight is 651 g/mol. The van der Waals surface area contributed by atoms with E-state index >= 15 is 0 Å². The number of rotatable bonds is 8. The fraction of sp³-hybridized carbons (Fsp3) is 0.364. The van der Waals surface area contributed by atoms with Crippen LogP contribution in [0, 0.1) is 12.8 Å². The normalized spacial score (nSPS) is 19.2. The van der Waals surface area contributed by atoms with E-state index in [0.29, 0.717) is 74.0 Å². The first kappa shape index (κ1) is 31.3. The van der Waals surface area contributed by atoms with Crippen molar-refractivity contribution in [1.82, 2.24) is 15.0 Å². The second kappa shape index (κ2) is 12.3. The van der Waals surface area contributed by atoms with E-state index < -0.39 is 5.60 Å². The first-order chi connectivity index (χ1) is 22.1. The number of hydrogen-bond acceptors (Lipinski definition) is 11. The van der Waals surface area contributed by atoms with Gasteiger partial charge in [0.25, 0.3) is 0 Å². The number of methoxy groups -OCH3 is 4. The van der Waals surface area contributed by atoms with Crippen LogP contribution in [0.4, 0.5) is 0 Å². The Morgan fingerprint density at radius 1 is 1.04 bits per heavy atom. The third-order valence-electron chi connectivity index (χ3n) is 8.53. The number of halogens is 1. The van der Waals surface area contributed by atoms with Crippen LogP contribution in [0.3, 0.4) is 0 Å². The van der Waals surface area contributed by atoms with Crippen molar-refractivity contribution in [3.63, 3.8) is 0 Å². The summed E-state index contributed by atoms with van der Waals surface area (Å²) in [5.41, 5.74) is 3.45. The molecule has 0 spiro atoms. The Morgan fingerprint density at radius 3 is 2.52 bits per heavy atom. The summed E-state index contributed by atoms with van der Waals surface area (Å²) >= 11 is 6.50. The number of oxime groups is 1. The predicted octanol–water partition coefficient (Wildman–Crippen LogP) is 5.52. The van der Waals surface area contributed by atoms with Gasteiger partial charge < -0.3 is 38.4 Å². The van der Waals surface area contributed by atoms with Crippen molar-refractivity contribution in [2.24, 2.45) is 11.1 Å². The molecule has 0 fully saturated rings. The number of fused-ring (bicyclic) bond motifs is 4. The highest BCUT2D eigenvalue weighted by atomic mass is 35.5. The topological polar surface area (TPSA) is 128 Å². The van der Waals surface area contributed by atoms with E-state index in [1.165, 1.54) is 21.3 Å². The minimum atomic E-state index is -1.49. The molecule has 1 aliphatic heterocycles. The maximum Gasteiger partial charge on any atom is 0.231 e. The molecule has 46 heavy (non-hydrogen) atoms. The summed E-state index contributed by atoms with van der Waals surface area (Å²) in [7, 11) is 6.16. The van der Waals surface area contributed by atoms with Gasteiger partial charge in [-0.05, 0) is 55.5 Å². The van der Waals surface area contributed by atoms with E-state index in [4.69, 9.17) is 44.9 Å². The van der Waals surface area contributed by atoms with E-state index in [0.717, 1.165) is 11.1 Å². The quantitative estimate of drug-likeness (QED) is 0.243. The molecule has 13 heteroatoms. The van der Waals surface area contributed by atoms with Crippen molar-refractivity contribution in [2.45, 2.75) is 39.4 Å². The van der Waals surface area contributed by atoms with Crippen molar-refractivity contribution in [2.75, 3.05) is 35.2 Å². The summed E-state index contributed by atoms with van der Waals surface area (Å²) in [5, 5.41) is 25.8. The fourth-order valence-electron chi connectivity index (χ4n) is 5.91. The second-order valence-corrected chi connectivity index (χ2v) is 11.7. The molecule has 6 rings (SSSR count). The average Bonchev–Trinajstić information content (AvgIpc) is 3.72. The number of ether oxygens (including phenoxy) is 6. The molecule has 12 nitrogen and oxygen atoms in total. The molecule has 0 unspecified atom stereocenters. The van der Waals surface area contributed by atoms with Gasteiger partial charge >= 0.3 is 0 Å². The van der Waals surface area contributed by atoms with Crippen LogP contribution < -0.4 is 28.4 Å². The lowest BCUT2D eigenvalue weighted by Crippen LogP contribution is -2.44. The van der Waals surface area contributed by atoms with Crippen LogP contribution in [-0.2, 0) is 17.9 Å². The van der Waals surface area contributed by atoms with Crippen molar-refractivity contribution >= 4 is 17.3 Å². The highest BCUT2D eigenvalue weighted by Crippen LogP contribution is 2.57. The van der Waals surface area contributed by atoms with Gasteiger partial charge in [-0.15, -0.1) is 5.10 Å². The Balaban J connectivity index is 1.51. The Kier molecular flexibility index (Phi) is 8.34. The molecule has 2 atom stereocenters. The van der Waals surface area contributed by atoms with E-state index in [2.05, 4.69) is 15.5 Å². The largest absolute Gasteiger partial charge is 0.493 e. The highest BCUT2D eigenvalue weighted by molar-refractivity contribution is 6.33. The van der Waals surface area contributed by atoms with E-state index in [1.54, 1.807) is 31.0 Å². The van der Waals surface area contributed by atoms with Crippen molar-refractivity contribution in [1.29, 1.82) is 0 Å². The van der Waals surface area contributed by atoms with Gasteiger partial charge in [0.1, 0.15) is 17.0 Å². The summed E-state index contributed by atoms with van der Waals surface area (Å²) in [6, 6.07) is 9.33. The van der Waals surface area contributed by atoms with Crippen LogP contribution in [0.25, 0.3) is 16.8 Å². The molecule has 2 aliphatic rings. The molecule has 1 N–H and O–H groups in total. The molecule has 1 aromatic heterocycles. The van der Waals surface area contributed by atoms with Crippen molar-refractivity contribution in [3.8, 4) is 51.3 Å². The molecule has 1 aliphatic carbocycles. The molecule has 3 aromatic carbocycles. The molecule has 4 aromatic rings. The van der Waals surface area contributed by atoms with E-state index in [1.807, 2.05) is 38.1 Å². The van der Waals surface area contributed by atoms with Gasteiger partial charge in [-0.2, -0.15) is 0 Å². The fourth-order valence-corrected chi connectivity index (χ4v) is 6.13. The third kappa shape index (κ3) is 5.11. The SMILES string of the molecule is COc1cc2c(c(OC)c1OC)-c1c(cc3c(c1OC)OCO3)C[C@H](C)[C@@](C)(O)/C2=N/OCc1cn(-c2cccc(C)c2Cl)nn1. The maximum absolute atomic E-state index is 12.2. The van der Waals surface area contributed by atoms with Gasteiger partial charge in [0.15, 0.2) is 29.6 Å². The molecule has 0 radical (unpaired) electrons. The van der Waals surface area contributed by atoms with E-state index in [9.17, 15) is 5.11 Å². The molecule has 0 saturated carbocycles. The number of hydrogen-bond donors (Lipinski definition) is 1. The Hall–Kier alpha value is -4.68. The molecule has 0 saturated heterocycles. The lowest BCUT2D eigenvalue weighted by atomic mass is 9.73. The molecular formula is C33H35ClN4O8. The number of aryl methyl sites for hydroxylation is 1. The molecular weight excluding hydrogens is 616 g/mol. The van der Waals surface area contributed by atoms with Gasteiger partial charge in [-0.1, -0.05) is 41.0 Å². The summed E-state index contributed by atoms with van der Waals surface area (Å²) in [6.45, 7) is 5.59. The maximum atomic E-state index is 12.2. The zero-order valence-corrected chi connectivity index (χ0v) is 27.4. The first-order valence-electron chi connectivity index (χ1n) is 14.6. The molecule has 242 valence electrons. The summed E-state index contributed by atoms with van der Waals surface area (Å²) in [4.78, 5) is 5.91. The van der Waals surface area contributed by atoms with Crippen LogP contribution in [0.2, 0.25) is 5.02 Å². The van der Waals surface area contributed by atoms with Crippen LogP contribution in [0.5, 0.6) is 34.5 Å². The Labute approximate surface area is 271 Å². The summed E-state index contributed by atoms with van der Waals surface area (Å²) in [5.74, 6) is 2.21. The summed E-state index contributed by atoms with van der Waals surface area (Å²) in [6.07, 6.45) is 2.14. The van der Waals surface area contributed by atoms with Crippen LogP contribution in [0.15, 0.2) is 41.7 Å². The molecule has 0 bridgehead atoms. The van der Waals surface area contributed by atoms with Crippen molar-refractivity contribution < 1.29 is 38.4 Å².